The first-order valence-electron chi connectivity index (χ1n) is 6.09. The molecule has 0 bridgehead atoms. The fourth-order valence-corrected chi connectivity index (χ4v) is 3.58. The standard InChI is InChI=1S/C12H13BrN4O2S/c1-19-12-8(13)5-9(20-12)11(18)15-10-4-7-6-14-2-3-17(7)16-10/h4-5,14H,2-3,6H2,1H3,(H,15,16,18). The van der Waals surface area contributed by atoms with E-state index in [9.17, 15) is 4.79 Å². The molecule has 106 valence electrons. The number of fused-ring (bicyclic) bond motifs is 1. The molecular formula is C12H13BrN4O2S. The van der Waals surface area contributed by atoms with E-state index >= 15 is 0 Å². The van der Waals surface area contributed by atoms with Gasteiger partial charge < -0.3 is 15.4 Å². The maximum atomic E-state index is 12.2. The predicted octanol–water partition coefficient (Wildman–Crippen LogP) is 2.07. The Labute approximate surface area is 128 Å². The van der Waals surface area contributed by atoms with E-state index in [1.807, 2.05) is 10.7 Å². The molecule has 0 aromatic carbocycles. The fourth-order valence-electron chi connectivity index (χ4n) is 2.03. The van der Waals surface area contributed by atoms with Gasteiger partial charge in [0, 0.05) is 19.2 Å². The minimum Gasteiger partial charge on any atom is -0.486 e. The first-order chi connectivity index (χ1) is 9.67. The molecule has 1 aliphatic heterocycles. The zero-order valence-electron chi connectivity index (χ0n) is 10.8. The minimum absolute atomic E-state index is 0.178. The van der Waals surface area contributed by atoms with Crippen molar-refractivity contribution in [1.29, 1.82) is 0 Å². The molecule has 0 saturated carbocycles. The maximum absolute atomic E-state index is 12.2. The minimum atomic E-state index is -0.178. The van der Waals surface area contributed by atoms with Crippen LogP contribution in [0.15, 0.2) is 16.6 Å². The third kappa shape index (κ3) is 2.58. The molecular weight excluding hydrogens is 344 g/mol. The highest BCUT2D eigenvalue weighted by Crippen LogP contribution is 2.34. The van der Waals surface area contributed by atoms with E-state index < -0.39 is 0 Å². The lowest BCUT2D eigenvalue weighted by Crippen LogP contribution is -2.28. The van der Waals surface area contributed by atoms with Crippen LogP contribution in [0.5, 0.6) is 5.06 Å². The summed E-state index contributed by atoms with van der Waals surface area (Å²) in [5.41, 5.74) is 1.08. The molecule has 2 aromatic rings. The zero-order chi connectivity index (χ0) is 14.1. The third-order valence-corrected chi connectivity index (χ3v) is 4.92. The second-order valence-corrected chi connectivity index (χ2v) is 6.19. The van der Waals surface area contributed by atoms with Crippen LogP contribution >= 0.6 is 27.3 Å². The van der Waals surface area contributed by atoms with Gasteiger partial charge in [-0.1, -0.05) is 11.3 Å². The summed E-state index contributed by atoms with van der Waals surface area (Å²) >= 11 is 4.65. The number of halogens is 1. The van der Waals surface area contributed by atoms with Crippen LogP contribution in [0.1, 0.15) is 15.4 Å². The lowest BCUT2D eigenvalue weighted by molar-refractivity contribution is 0.103. The molecule has 1 amide bonds. The summed E-state index contributed by atoms with van der Waals surface area (Å²) in [5, 5.41) is 11.1. The molecule has 0 radical (unpaired) electrons. The van der Waals surface area contributed by atoms with Crippen LogP contribution in [0.4, 0.5) is 5.82 Å². The second-order valence-electron chi connectivity index (χ2n) is 4.33. The van der Waals surface area contributed by atoms with Gasteiger partial charge in [0.25, 0.3) is 5.91 Å². The van der Waals surface area contributed by atoms with Gasteiger partial charge in [-0.15, -0.1) is 0 Å². The van der Waals surface area contributed by atoms with Crippen LogP contribution in [0.25, 0.3) is 0 Å². The Kier molecular flexibility index (Phi) is 3.77. The molecule has 6 nitrogen and oxygen atoms in total. The molecule has 8 heteroatoms. The highest BCUT2D eigenvalue weighted by Gasteiger charge is 2.17. The molecule has 0 fully saturated rings. The number of aromatic nitrogens is 2. The van der Waals surface area contributed by atoms with E-state index in [4.69, 9.17) is 4.74 Å². The molecule has 0 spiro atoms. The Bertz CT molecular complexity index is 628. The smallest absolute Gasteiger partial charge is 0.267 e. The topological polar surface area (TPSA) is 68.2 Å². The molecule has 0 saturated heterocycles. The Hall–Kier alpha value is -1.38. The van der Waals surface area contributed by atoms with Crippen molar-refractivity contribution in [2.24, 2.45) is 0 Å². The number of thiophene rings is 1. The number of methoxy groups -OCH3 is 1. The van der Waals surface area contributed by atoms with Crippen LogP contribution in [-0.4, -0.2) is 29.3 Å². The summed E-state index contributed by atoms with van der Waals surface area (Å²) in [6, 6.07) is 3.64. The monoisotopic (exact) mass is 356 g/mol. The highest BCUT2D eigenvalue weighted by atomic mass is 79.9. The Balaban J connectivity index is 1.76. The summed E-state index contributed by atoms with van der Waals surface area (Å²) < 4.78 is 7.85. The molecule has 2 aromatic heterocycles. The molecule has 0 unspecified atom stereocenters. The lowest BCUT2D eigenvalue weighted by atomic mass is 10.3. The fraction of sp³-hybridized carbons (Fsp3) is 0.333. The Morgan fingerprint density at radius 2 is 2.45 bits per heavy atom. The zero-order valence-corrected chi connectivity index (χ0v) is 13.2. The average Bonchev–Trinajstić information content (AvgIpc) is 3.01. The SMILES string of the molecule is COc1sc(C(=O)Nc2cc3n(n2)CCNC3)cc1Br. The third-order valence-electron chi connectivity index (χ3n) is 2.98. The van der Waals surface area contributed by atoms with Crippen molar-refractivity contribution in [3.63, 3.8) is 0 Å². The predicted molar refractivity (Wildman–Crippen MR) is 80.5 cm³/mol. The van der Waals surface area contributed by atoms with E-state index in [-0.39, 0.29) is 5.91 Å². The quantitative estimate of drug-likeness (QED) is 0.883. The van der Waals surface area contributed by atoms with Gasteiger partial charge in [0.2, 0.25) is 0 Å². The summed E-state index contributed by atoms with van der Waals surface area (Å²) in [7, 11) is 1.58. The molecule has 1 aliphatic rings. The van der Waals surface area contributed by atoms with Crippen molar-refractivity contribution in [3.8, 4) is 5.06 Å². The Morgan fingerprint density at radius 1 is 1.60 bits per heavy atom. The molecule has 0 aliphatic carbocycles. The van der Waals surface area contributed by atoms with Gasteiger partial charge in [0.15, 0.2) is 10.9 Å². The first-order valence-corrected chi connectivity index (χ1v) is 7.70. The first kappa shape index (κ1) is 13.6. The van der Waals surface area contributed by atoms with Gasteiger partial charge in [-0.2, -0.15) is 5.10 Å². The van der Waals surface area contributed by atoms with Crippen molar-refractivity contribution in [3.05, 3.63) is 27.2 Å². The summed E-state index contributed by atoms with van der Waals surface area (Å²) in [6.45, 7) is 2.50. The largest absolute Gasteiger partial charge is 0.486 e. The van der Waals surface area contributed by atoms with Gasteiger partial charge in [-0.3, -0.25) is 9.48 Å². The van der Waals surface area contributed by atoms with E-state index in [0.29, 0.717) is 15.8 Å². The van der Waals surface area contributed by atoms with Gasteiger partial charge in [0.1, 0.15) is 0 Å². The molecule has 20 heavy (non-hydrogen) atoms. The summed E-state index contributed by atoms with van der Waals surface area (Å²) in [4.78, 5) is 12.7. The highest BCUT2D eigenvalue weighted by molar-refractivity contribution is 9.10. The van der Waals surface area contributed by atoms with Crippen molar-refractivity contribution < 1.29 is 9.53 Å². The molecule has 3 rings (SSSR count). The Morgan fingerprint density at radius 3 is 3.15 bits per heavy atom. The summed E-state index contributed by atoms with van der Waals surface area (Å²) in [5.74, 6) is 0.402. The molecule has 3 heterocycles. The van der Waals surface area contributed by atoms with Crippen LogP contribution in [0.3, 0.4) is 0 Å². The van der Waals surface area contributed by atoms with Crippen molar-refractivity contribution in [1.82, 2.24) is 15.1 Å². The van der Waals surface area contributed by atoms with Gasteiger partial charge in [-0.25, -0.2) is 0 Å². The second kappa shape index (κ2) is 5.55. The average molecular weight is 357 g/mol. The van der Waals surface area contributed by atoms with Crippen LogP contribution < -0.4 is 15.4 Å². The molecule has 0 atom stereocenters. The van der Waals surface area contributed by atoms with E-state index in [2.05, 4.69) is 31.7 Å². The number of hydrogen-bond acceptors (Lipinski definition) is 5. The number of rotatable bonds is 3. The van der Waals surface area contributed by atoms with E-state index in [1.165, 1.54) is 11.3 Å². The number of amides is 1. The number of nitrogens with one attached hydrogen (secondary N) is 2. The summed E-state index contributed by atoms with van der Waals surface area (Å²) in [6.07, 6.45) is 0. The van der Waals surface area contributed by atoms with Crippen LogP contribution in [-0.2, 0) is 13.1 Å². The van der Waals surface area contributed by atoms with Gasteiger partial charge in [-0.05, 0) is 22.0 Å². The van der Waals surface area contributed by atoms with Crippen molar-refractivity contribution >= 4 is 39.0 Å². The van der Waals surface area contributed by atoms with Crippen LogP contribution in [0, 0.1) is 0 Å². The van der Waals surface area contributed by atoms with Gasteiger partial charge >= 0.3 is 0 Å². The van der Waals surface area contributed by atoms with Gasteiger partial charge in [0.05, 0.1) is 28.7 Å². The van der Waals surface area contributed by atoms with Crippen molar-refractivity contribution in [2.75, 3.05) is 19.0 Å². The number of ether oxygens (including phenoxy) is 1. The maximum Gasteiger partial charge on any atom is 0.267 e. The van der Waals surface area contributed by atoms with Crippen LogP contribution in [0.2, 0.25) is 0 Å². The lowest BCUT2D eigenvalue weighted by Gasteiger charge is -2.13. The number of carbonyl (C=O) groups excluding carboxylic acids is 1. The number of nitrogens with zero attached hydrogens (tertiary/aromatic N) is 2. The number of carbonyl (C=O) groups is 1. The van der Waals surface area contributed by atoms with E-state index in [1.54, 1.807) is 13.2 Å². The number of anilines is 1. The molecule has 2 N–H and O–H groups in total. The van der Waals surface area contributed by atoms with E-state index in [0.717, 1.165) is 29.8 Å². The van der Waals surface area contributed by atoms with Crippen molar-refractivity contribution in [2.45, 2.75) is 13.1 Å². The normalized spacial score (nSPS) is 13.9. The number of hydrogen-bond donors (Lipinski definition) is 2.